The third-order valence-corrected chi connectivity index (χ3v) is 4.33. The summed E-state index contributed by atoms with van der Waals surface area (Å²) in [5, 5.41) is 2.79. The van der Waals surface area contributed by atoms with Gasteiger partial charge >= 0.3 is 0 Å². The van der Waals surface area contributed by atoms with E-state index in [4.69, 9.17) is 11.6 Å². The van der Waals surface area contributed by atoms with Crippen LogP contribution in [0.1, 0.15) is 49.4 Å². The first kappa shape index (κ1) is 15.2. The lowest BCUT2D eigenvalue weighted by atomic mass is 9.84. The van der Waals surface area contributed by atoms with Gasteiger partial charge in [-0.25, -0.2) is 8.78 Å². The summed E-state index contributed by atoms with van der Waals surface area (Å²) in [6.07, 6.45) is 5.19. The lowest BCUT2D eigenvalue weighted by Crippen LogP contribution is -2.37. The topological polar surface area (TPSA) is 29.1 Å². The summed E-state index contributed by atoms with van der Waals surface area (Å²) in [7, 11) is 0. The molecule has 110 valence electrons. The Morgan fingerprint density at radius 1 is 1.25 bits per heavy atom. The van der Waals surface area contributed by atoms with E-state index in [0.717, 1.165) is 50.2 Å². The van der Waals surface area contributed by atoms with Gasteiger partial charge in [0.25, 0.3) is 5.91 Å². The van der Waals surface area contributed by atoms with E-state index in [1.54, 1.807) is 0 Å². The van der Waals surface area contributed by atoms with Crippen LogP contribution in [0, 0.1) is 17.6 Å². The molecule has 1 N–H and O–H groups in total. The number of hydrogen-bond acceptors (Lipinski definition) is 1. The summed E-state index contributed by atoms with van der Waals surface area (Å²) in [6, 6.07) is 1.78. The monoisotopic (exact) mass is 301 g/mol. The molecule has 0 aromatic heterocycles. The second-order valence-corrected chi connectivity index (χ2v) is 5.75. The highest BCUT2D eigenvalue weighted by Gasteiger charge is 2.23. The van der Waals surface area contributed by atoms with Crippen LogP contribution in [0.15, 0.2) is 12.1 Å². The minimum Gasteiger partial charge on any atom is -0.349 e. The molecule has 1 fully saturated rings. The van der Waals surface area contributed by atoms with Crippen LogP contribution in [0.2, 0.25) is 5.02 Å². The Morgan fingerprint density at radius 3 is 2.45 bits per heavy atom. The first-order chi connectivity index (χ1) is 9.51. The molecule has 0 aliphatic heterocycles. The van der Waals surface area contributed by atoms with Crippen LogP contribution in [-0.2, 0) is 0 Å². The fraction of sp³-hybridized carbons (Fsp3) is 0.533. The normalized spacial score (nSPS) is 22.6. The summed E-state index contributed by atoms with van der Waals surface area (Å²) in [5.41, 5.74) is -0.0109. The van der Waals surface area contributed by atoms with Crippen LogP contribution in [0.25, 0.3) is 0 Å². The van der Waals surface area contributed by atoms with E-state index >= 15 is 0 Å². The predicted molar refractivity (Wildman–Crippen MR) is 74.9 cm³/mol. The molecule has 1 aliphatic carbocycles. The largest absolute Gasteiger partial charge is 0.349 e. The molecule has 0 spiro atoms. The van der Waals surface area contributed by atoms with Gasteiger partial charge in [-0.1, -0.05) is 24.9 Å². The van der Waals surface area contributed by atoms with E-state index in [9.17, 15) is 13.6 Å². The Bertz CT molecular complexity index is 499. The van der Waals surface area contributed by atoms with Crippen molar-refractivity contribution in [1.82, 2.24) is 5.32 Å². The zero-order valence-corrected chi connectivity index (χ0v) is 12.1. The second kappa shape index (κ2) is 6.53. The Labute approximate surface area is 122 Å². The van der Waals surface area contributed by atoms with Gasteiger partial charge in [0, 0.05) is 6.04 Å². The van der Waals surface area contributed by atoms with Crippen molar-refractivity contribution in [2.45, 2.75) is 45.1 Å². The Balaban J connectivity index is 2.01. The molecule has 5 heteroatoms. The van der Waals surface area contributed by atoms with Crippen LogP contribution in [0.4, 0.5) is 8.78 Å². The lowest BCUT2D eigenvalue weighted by Gasteiger charge is -2.28. The van der Waals surface area contributed by atoms with Crippen molar-refractivity contribution in [1.29, 1.82) is 0 Å². The quantitative estimate of drug-likeness (QED) is 0.828. The SMILES string of the molecule is CCC1CCC(NC(=O)c2cc(F)c(F)cc2Cl)CC1. The smallest absolute Gasteiger partial charge is 0.253 e. The van der Waals surface area contributed by atoms with Crippen molar-refractivity contribution in [3.05, 3.63) is 34.4 Å². The van der Waals surface area contributed by atoms with E-state index in [2.05, 4.69) is 12.2 Å². The van der Waals surface area contributed by atoms with Crippen molar-refractivity contribution >= 4 is 17.5 Å². The van der Waals surface area contributed by atoms with Crippen molar-refractivity contribution < 1.29 is 13.6 Å². The van der Waals surface area contributed by atoms with Gasteiger partial charge < -0.3 is 5.32 Å². The van der Waals surface area contributed by atoms with Crippen LogP contribution in [0.5, 0.6) is 0 Å². The third-order valence-electron chi connectivity index (χ3n) is 4.01. The van der Waals surface area contributed by atoms with Crippen LogP contribution >= 0.6 is 11.6 Å². The number of amides is 1. The van der Waals surface area contributed by atoms with Crippen LogP contribution in [0.3, 0.4) is 0 Å². The molecule has 1 aromatic carbocycles. The first-order valence-electron chi connectivity index (χ1n) is 6.96. The predicted octanol–water partition coefficient (Wildman–Crippen LogP) is 4.32. The number of carbonyl (C=O) groups is 1. The van der Waals surface area contributed by atoms with E-state index in [-0.39, 0.29) is 16.6 Å². The average Bonchev–Trinajstić information content (AvgIpc) is 2.43. The molecular weight excluding hydrogens is 284 g/mol. The first-order valence-corrected chi connectivity index (χ1v) is 7.34. The van der Waals surface area contributed by atoms with Crippen molar-refractivity contribution in [3.8, 4) is 0 Å². The number of nitrogens with one attached hydrogen (secondary N) is 1. The minimum absolute atomic E-state index is 0.0109. The van der Waals surface area contributed by atoms with Gasteiger partial charge in [-0.15, -0.1) is 0 Å². The maximum atomic E-state index is 13.2. The Morgan fingerprint density at radius 2 is 1.85 bits per heavy atom. The Hall–Kier alpha value is -1.16. The molecule has 2 nitrogen and oxygen atoms in total. The molecule has 0 bridgehead atoms. The van der Waals surface area contributed by atoms with Gasteiger partial charge in [0.2, 0.25) is 0 Å². The lowest BCUT2D eigenvalue weighted by molar-refractivity contribution is 0.0921. The van der Waals surface area contributed by atoms with Gasteiger partial charge in [-0.3, -0.25) is 4.79 Å². The molecule has 1 aliphatic rings. The van der Waals surface area contributed by atoms with Gasteiger partial charge in [-0.05, 0) is 43.7 Å². The summed E-state index contributed by atoms with van der Waals surface area (Å²) in [5.74, 6) is -1.81. The highest BCUT2D eigenvalue weighted by Crippen LogP contribution is 2.27. The van der Waals surface area contributed by atoms with Gasteiger partial charge in [0.05, 0.1) is 10.6 Å². The summed E-state index contributed by atoms with van der Waals surface area (Å²) in [4.78, 5) is 12.1. The van der Waals surface area contributed by atoms with Crippen molar-refractivity contribution in [3.63, 3.8) is 0 Å². The zero-order valence-electron chi connectivity index (χ0n) is 11.4. The number of rotatable bonds is 3. The Kier molecular flexibility index (Phi) is 4.97. The molecule has 20 heavy (non-hydrogen) atoms. The maximum Gasteiger partial charge on any atom is 0.253 e. The van der Waals surface area contributed by atoms with E-state index in [0.29, 0.717) is 0 Å². The number of benzene rings is 1. The summed E-state index contributed by atoms with van der Waals surface area (Å²) < 4.78 is 26.2. The summed E-state index contributed by atoms with van der Waals surface area (Å²) >= 11 is 5.79. The van der Waals surface area contributed by atoms with E-state index in [1.165, 1.54) is 0 Å². The maximum absolute atomic E-state index is 13.2. The van der Waals surface area contributed by atoms with Gasteiger partial charge in [-0.2, -0.15) is 0 Å². The molecule has 1 amide bonds. The van der Waals surface area contributed by atoms with E-state index in [1.807, 2.05) is 0 Å². The second-order valence-electron chi connectivity index (χ2n) is 5.35. The van der Waals surface area contributed by atoms with Gasteiger partial charge in [0.15, 0.2) is 11.6 Å². The molecule has 0 radical (unpaired) electrons. The van der Waals surface area contributed by atoms with Crippen LogP contribution in [-0.4, -0.2) is 11.9 Å². The highest BCUT2D eigenvalue weighted by molar-refractivity contribution is 6.33. The molecule has 0 heterocycles. The van der Waals surface area contributed by atoms with Crippen molar-refractivity contribution in [2.24, 2.45) is 5.92 Å². The molecular formula is C15H18ClF2NO. The number of hydrogen-bond donors (Lipinski definition) is 1. The van der Waals surface area contributed by atoms with E-state index < -0.39 is 17.5 Å². The highest BCUT2D eigenvalue weighted by atomic mass is 35.5. The van der Waals surface area contributed by atoms with Crippen molar-refractivity contribution in [2.75, 3.05) is 0 Å². The standard InChI is InChI=1S/C15H18ClF2NO/c1-2-9-3-5-10(6-4-9)19-15(20)11-7-13(17)14(18)8-12(11)16/h7-10H,2-6H2,1H3,(H,19,20). The fourth-order valence-corrected chi connectivity index (χ4v) is 2.91. The molecule has 0 unspecified atom stereocenters. The average molecular weight is 302 g/mol. The zero-order chi connectivity index (χ0) is 14.7. The van der Waals surface area contributed by atoms with Gasteiger partial charge in [0.1, 0.15) is 0 Å². The molecule has 2 rings (SSSR count). The minimum atomic E-state index is -1.06. The van der Waals surface area contributed by atoms with Crippen LogP contribution < -0.4 is 5.32 Å². The number of carbonyl (C=O) groups excluding carboxylic acids is 1. The third kappa shape index (κ3) is 3.48. The molecule has 0 atom stereocenters. The fourth-order valence-electron chi connectivity index (χ4n) is 2.67. The molecule has 1 aromatic rings. The molecule has 1 saturated carbocycles. The number of halogens is 3. The molecule has 0 saturated heterocycles. The summed E-state index contributed by atoms with van der Waals surface area (Å²) in [6.45, 7) is 2.17.